The molecule has 0 unspecified atom stereocenters. The molecule has 0 aliphatic heterocycles. The van der Waals surface area contributed by atoms with Gasteiger partial charge in [0.05, 0.1) is 38.6 Å². The molecule has 182 valence electrons. The number of hydrazone groups is 1. The SMILES string of the molecule is COC(=O)c1ccc(NN=C2CCCC2)cc1S(=O)(=O)NC(=O)Nc1nc(OC)cc(OC)n1. The molecule has 34 heavy (non-hydrogen) atoms. The smallest absolute Gasteiger partial charge is 0.339 e. The molecule has 1 aliphatic carbocycles. The number of carbonyl (C=O) groups is 2. The Morgan fingerprint density at radius 2 is 1.65 bits per heavy atom. The molecule has 1 aromatic carbocycles. The highest BCUT2D eigenvalue weighted by atomic mass is 32.2. The number of esters is 1. The van der Waals surface area contributed by atoms with E-state index in [0.717, 1.165) is 38.5 Å². The molecule has 0 spiro atoms. The first-order valence-electron chi connectivity index (χ1n) is 10.1. The zero-order valence-electron chi connectivity index (χ0n) is 18.7. The van der Waals surface area contributed by atoms with Crippen LogP contribution in [0.15, 0.2) is 34.3 Å². The number of ether oxygens (including phenoxy) is 3. The number of aromatic nitrogens is 2. The summed E-state index contributed by atoms with van der Waals surface area (Å²) in [5.74, 6) is -0.989. The van der Waals surface area contributed by atoms with Gasteiger partial charge >= 0.3 is 12.0 Å². The van der Waals surface area contributed by atoms with Gasteiger partial charge in [0.2, 0.25) is 17.7 Å². The molecule has 0 atom stereocenters. The molecule has 2 aromatic rings. The van der Waals surface area contributed by atoms with Crippen LogP contribution >= 0.6 is 0 Å². The highest BCUT2D eigenvalue weighted by Crippen LogP contribution is 2.23. The summed E-state index contributed by atoms with van der Waals surface area (Å²) >= 11 is 0. The van der Waals surface area contributed by atoms with E-state index < -0.39 is 26.9 Å². The molecule has 13 nitrogen and oxygen atoms in total. The molecule has 2 amide bonds. The van der Waals surface area contributed by atoms with Gasteiger partial charge in [0.25, 0.3) is 10.0 Å². The fourth-order valence-electron chi connectivity index (χ4n) is 3.10. The van der Waals surface area contributed by atoms with Crippen molar-refractivity contribution in [3.63, 3.8) is 0 Å². The second-order valence-electron chi connectivity index (χ2n) is 7.04. The minimum atomic E-state index is -4.53. The minimum Gasteiger partial charge on any atom is -0.481 e. The molecular formula is C20H24N6O7S. The molecule has 1 heterocycles. The Labute approximate surface area is 196 Å². The second kappa shape index (κ2) is 10.8. The van der Waals surface area contributed by atoms with Gasteiger partial charge in [-0.05, 0) is 43.9 Å². The number of benzene rings is 1. The van der Waals surface area contributed by atoms with Crippen molar-refractivity contribution in [2.45, 2.75) is 30.6 Å². The normalized spacial score (nSPS) is 13.1. The average molecular weight is 493 g/mol. The number of urea groups is 1. The molecule has 0 saturated heterocycles. The van der Waals surface area contributed by atoms with Crippen molar-refractivity contribution in [1.82, 2.24) is 14.7 Å². The first-order valence-corrected chi connectivity index (χ1v) is 11.6. The lowest BCUT2D eigenvalue weighted by Crippen LogP contribution is -2.35. The van der Waals surface area contributed by atoms with E-state index in [1.807, 2.05) is 4.72 Å². The number of hydrogen-bond acceptors (Lipinski definition) is 11. The zero-order chi connectivity index (χ0) is 24.7. The summed E-state index contributed by atoms with van der Waals surface area (Å²) in [7, 11) is -0.710. The van der Waals surface area contributed by atoms with E-state index in [1.54, 1.807) is 0 Å². The maximum atomic E-state index is 13.0. The summed E-state index contributed by atoms with van der Waals surface area (Å²) in [6, 6.07) is 4.14. The number of methoxy groups -OCH3 is 3. The van der Waals surface area contributed by atoms with Crippen molar-refractivity contribution >= 4 is 39.4 Å². The lowest BCUT2D eigenvalue weighted by Gasteiger charge is -2.13. The van der Waals surface area contributed by atoms with Crippen LogP contribution in [-0.2, 0) is 14.8 Å². The summed E-state index contributed by atoms with van der Waals surface area (Å²) in [5, 5.41) is 6.47. The van der Waals surface area contributed by atoms with Gasteiger partial charge in [-0.3, -0.25) is 10.7 Å². The van der Waals surface area contributed by atoms with Gasteiger partial charge in [0.15, 0.2) is 0 Å². The Kier molecular flexibility index (Phi) is 7.83. The Bertz CT molecular complexity index is 1190. The van der Waals surface area contributed by atoms with E-state index in [1.165, 1.54) is 38.5 Å². The Morgan fingerprint density at radius 3 is 2.24 bits per heavy atom. The standard InChI is InChI=1S/C20H24N6O7S/c1-31-16-11-17(32-2)22-19(21-16)23-20(28)26-34(29,30)15-10-13(8-9-14(15)18(27)33-3)25-24-12-6-4-5-7-12/h8-11,25H,4-7H2,1-3H3,(H2,21,22,23,26,28). The highest BCUT2D eigenvalue weighted by molar-refractivity contribution is 7.90. The average Bonchev–Trinajstić information content (AvgIpc) is 3.35. The molecule has 3 rings (SSSR count). The summed E-state index contributed by atoms with van der Waals surface area (Å²) in [6.07, 6.45) is 3.81. The van der Waals surface area contributed by atoms with E-state index >= 15 is 0 Å². The van der Waals surface area contributed by atoms with Gasteiger partial charge < -0.3 is 14.2 Å². The van der Waals surface area contributed by atoms with Gasteiger partial charge in [-0.1, -0.05) is 0 Å². The summed E-state index contributed by atoms with van der Waals surface area (Å²) in [5.41, 5.74) is 3.81. The zero-order valence-corrected chi connectivity index (χ0v) is 19.6. The third kappa shape index (κ3) is 6.10. The first kappa shape index (κ1) is 24.7. The van der Waals surface area contributed by atoms with Crippen molar-refractivity contribution in [2.24, 2.45) is 5.10 Å². The largest absolute Gasteiger partial charge is 0.481 e. The van der Waals surface area contributed by atoms with E-state index in [2.05, 4.69) is 30.5 Å². The molecule has 1 aromatic heterocycles. The van der Waals surface area contributed by atoms with E-state index in [-0.39, 0.29) is 23.3 Å². The lowest BCUT2D eigenvalue weighted by molar-refractivity contribution is 0.0596. The number of nitrogens with zero attached hydrogens (tertiary/aromatic N) is 3. The van der Waals surface area contributed by atoms with Crippen LogP contribution in [0.25, 0.3) is 0 Å². The Morgan fingerprint density at radius 1 is 1.00 bits per heavy atom. The van der Waals surface area contributed by atoms with Crippen molar-refractivity contribution < 1.29 is 32.2 Å². The number of amides is 2. The Hall–Kier alpha value is -3.94. The second-order valence-corrected chi connectivity index (χ2v) is 8.69. The van der Waals surface area contributed by atoms with Crippen LogP contribution in [0.2, 0.25) is 0 Å². The van der Waals surface area contributed by atoms with Crippen LogP contribution in [0.5, 0.6) is 11.8 Å². The van der Waals surface area contributed by atoms with Gasteiger partial charge in [-0.25, -0.2) is 22.7 Å². The summed E-state index contributed by atoms with van der Waals surface area (Å²) in [6.45, 7) is 0. The van der Waals surface area contributed by atoms with Crippen molar-refractivity contribution in [3.8, 4) is 11.8 Å². The predicted molar refractivity (Wildman–Crippen MR) is 122 cm³/mol. The predicted octanol–water partition coefficient (Wildman–Crippen LogP) is 2.13. The quantitative estimate of drug-likeness (QED) is 0.366. The number of nitrogens with one attached hydrogen (secondary N) is 3. The monoisotopic (exact) mass is 492 g/mol. The molecule has 0 radical (unpaired) electrons. The fourth-order valence-corrected chi connectivity index (χ4v) is 4.23. The summed E-state index contributed by atoms with van der Waals surface area (Å²) in [4.78, 5) is 31.9. The van der Waals surface area contributed by atoms with Crippen molar-refractivity contribution in [2.75, 3.05) is 32.1 Å². The van der Waals surface area contributed by atoms with Gasteiger partial charge in [0.1, 0.15) is 4.90 Å². The lowest BCUT2D eigenvalue weighted by atomic mass is 10.2. The molecule has 0 bridgehead atoms. The molecule has 1 aliphatic rings. The summed E-state index contributed by atoms with van der Waals surface area (Å²) < 4.78 is 42.5. The van der Waals surface area contributed by atoms with Crippen LogP contribution in [0.4, 0.5) is 16.4 Å². The highest BCUT2D eigenvalue weighted by Gasteiger charge is 2.26. The van der Waals surface area contributed by atoms with E-state index in [9.17, 15) is 18.0 Å². The van der Waals surface area contributed by atoms with Gasteiger partial charge in [0, 0.05) is 5.71 Å². The molecule has 1 saturated carbocycles. The number of sulfonamides is 1. The molecule has 3 N–H and O–H groups in total. The maximum Gasteiger partial charge on any atom is 0.339 e. The maximum absolute atomic E-state index is 13.0. The van der Waals surface area contributed by atoms with Gasteiger partial charge in [-0.15, -0.1) is 0 Å². The number of hydrogen-bond donors (Lipinski definition) is 3. The third-order valence-corrected chi connectivity index (χ3v) is 6.12. The minimum absolute atomic E-state index is 0.0839. The topological polar surface area (TPSA) is 170 Å². The van der Waals surface area contributed by atoms with Gasteiger partial charge in [-0.2, -0.15) is 15.1 Å². The third-order valence-electron chi connectivity index (χ3n) is 4.75. The van der Waals surface area contributed by atoms with E-state index in [0.29, 0.717) is 5.69 Å². The van der Waals surface area contributed by atoms with Crippen LogP contribution in [-0.4, -0.2) is 57.4 Å². The van der Waals surface area contributed by atoms with Crippen LogP contribution in [0.1, 0.15) is 36.0 Å². The van der Waals surface area contributed by atoms with Crippen molar-refractivity contribution in [3.05, 3.63) is 29.8 Å². The van der Waals surface area contributed by atoms with Crippen molar-refractivity contribution in [1.29, 1.82) is 0 Å². The Balaban J connectivity index is 1.85. The fraction of sp³-hybridized carbons (Fsp3) is 0.350. The number of rotatable bonds is 8. The number of carbonyl (C=O) groups excluding carboxylic acids is 2. The molecule has 1 fully saturated rings. The van der Waals surface area contributed by atoms with Crippen LogP contribution in [0, 0.1) is 0 Å². The number of anilines is 2. The van der Waals surface area contributed by atoms with Crippen LogP contribution in [0.3, 0.4) is 0 Å². The van der Waals surface area contributed by atoms with E-state index in [4.69, 9.17) is 9.47 Å². The molecule has 14 heteroatoms. The van der Waals surface area contributed by atoms with Crippen LogP contribution < -0.4 is 24.9 Å². The first-order chi connectivity index (χ1) is 16.2. The molecular weight excluding hydrogens is 468 g/mol.